The molecule has 0 aromatic carbocycles. The Labute approximate surface area is 76.9 Å². The van der Waals surface area contributed by atoms with Gasteiger partial charge in [-0.25, -0.2) is 9.59 Å². The Kier molecular flexibility index (Phi) is 3.05. The van der Waals surface area contributed by atoms with Gasteiger partial charge in [0.25, 0.3) is 0 Å². The summed E-state index contributed by atoms with van der Waals surface area (Å²) in [6, 6.07) is 0. The molecule has 0 aliphatic rings. The average molecular weight is 189 g/mol. The van der Waals surface area contributed by atoms with Crippen molar-refractivity contribution in [3.63, 3.8) is 0 Å². The Balaban J connectivity index is 5.20. The fourth-order valence-corrected chi connectivity index (χ4v) is 0.875. The lowest BCUT2D eigenvalue weighted by Gasteiger charge is -2.34. The number of ether oxygens (including phenoxy) is 1. The molecule has 0 spiro atoms. The van der Waals surface area contributed by atoms with Crippen molar-refractivity contribution in [2.75, 3.05) is 7.11 Å². The maximum absolute atomic E-state index is 11.2. The van der Waals surface area contributed by atoms with Gasteiger partial charge in [0.05, 0.1) is 7.11 Å². The molecule has 0 aromatic heterocycles. The van der Waals surface area contributed by atoms with E-state index in [9.17, 15) is 9.59 Å². The Morgan fingerprint density at radius 3 is 1.77 bits per heavy atom. The molecule has 5 nitrogen and oxygen atoms in total. The molecule has 76 valence electrons. The Morgan fingerprint density at radius 2 is 1.69 bits per heavy atom. The van der Waals surface area contributed by atoms with Gasteiger partial charge in [0, 0.05) is 5.41 Å². The number of rotatable bonds is 2. The van der Waals surface area contributed by atoms with Crippen molar-refractivity contribution < 1.29 is 19.4 Å². The van der Waals surface area contributed by atoms with Crippen LogP contribution in [0, 0.1) is 5.41 Å². The third-order valence-electron chi connectivity index (χ3n) is 2.03. The summed E-state index contributed by atoms with van der Waals surface area (Å²) in [7, 11) is 1.11. The summed E-state index contributed by atoms with van der Waals surface area (Å²) in [5, 5.41) is 8.84. The first-order chi connectivity index (χ1) is 5.67. The van der Waals surface area contributed by atoms with E-state index in [1.54, 1.807) is 20.8 Å². The fraction of sp³-hybridized carbons (Fsp3) is 0.750. The van der Waals surface area contributed by atoms with Crippen molar-refractivity contribution in [3.05, 3.63) is 0 Å². The molecular formula is C8H15NO4. The molecule has 0 heterocycles. The van der Waals surface area contributed by atoms with Crippen LogP contribution in [-0.4, -0.2) is 29.7 Å². The van der Waals surface area contributed by atoms with E-state index in [0.29, 0.717) is 0 Å². The minimum absolute atomic E-state index is 0.897. The van der Waals surface area contributed by atoms with Crippen molar-refractivity contribution >= 4 is 11.9 Å². The lowest BCUT2D eigenvalue weighted by Crippen LogP contribution is -2.63. The Bertz CT molecular complexity index is 231. The van der Waals surface area contributed by atoms with E-state index in [4.69, 9.17) is 10.8 Å². The van der Waals surface area contributed by atoms with Gasteiger partial charge >= 0.3 is 11.9 Å². The van der Waals surface area contributed by atoms with Crippen molar-refractivity contribution in [1.29, 1.82) is 0 Å². The monoisotopic (exact) mass is 189 g/mol. The van der Waals surface area contributed by atoms with Gasteiger partial charge in [-0.2, -0.15) is 0 Å². The summed E-state index contributed by atoms with van der Waals surface area (Å²) in [5.41, 5.74) is 2.60. The summed E-state index contributed by atoms with van der Waals surface area (Å²) in [4.78, 5) is 22.0. The average Bonchev–Trinajstić information content (AvgIpc) is 1.98. The van der Waals surface area contributed by atoms with Gasteiger partial charge in [-0.3, -0.25) is 0 Å². The summed E-state index contributed by atoms with van der Waals surface area (Å²) < 4.78 is 4.36. The van der Waals surface area contributed by atoms with E-state index >= 15 is 0 Å². The molecule has 0 bridgehead atoms. The van der Waals surface area contributed by atoms with Gasteiger partial charge < -0.3 is 15.6 Å². The molecule has 0 aliphatic carbocycles. The molecule has 1 unspecified atom stereocenters. The first kappa shape index (κ1) is 11.9. The Morgan fingerprint density at radius 1 is 1.31 bits per heavy atom. The minimum Gasteiger partial charge on any atom is -0.479 e. The number of nitrogens with two attached hydrogens (primary N) is 1. The van der Waals surface area contributed by atoms with Gasteiger partial charge in [-0.05, 0) is 0 Å². The van der Waals surface area contributed by atoms with Gasteiger partial charge in [0.2, 0.25) is 5.54 Å². The molecule has 0 rings (SSSR count). The van der Waals surface area contributed by atoms with Crippen LogP contribution in [0.15, 0.2) is 0 Å². The second-order valence-electron chi connectivity index (χ2n) is 3.85. The molecule has 13 heavy (non-hydrogen) atoms. The summed E-state index contributed by atoms with van der Waals surface area (Å²) in [5.74, 6) is -2.32. The second-order valence-corrected chi connectivity index (χ2v) is 3.85. The molecule has 0 amide bonds. The predicted molar refractivity (Wildman–Crippen MR) is 46.0 cm³/mol. The van der Waals surface area contributed by atoms with Gasteiger partial charge in [-0.15, -0.1) is 0 Å². The molecule has 0 saturated carbocycles. The zero-order valence-electron chi connectivity index (χ0n) is 8.25. The standard InChI is InChI=1S/C8H15NO4/c1-7(2,3)8(9,5(10)11)6(12)13-4/h9H2,1-4H3,(H,10,11). The predicted octanol–water partition coefficient (Wildman–Crippen LogP) is -0.0124. The van der Waals surface area contributed by atoms with Crippen molar-refractivity contribution in [2.45, 2.75) is 26.3 Å². The zero-order chi connectivity index (χ0) is 10.9. The van der Waals surface area contributed by atoms with Gasteiger partial charge in [0.1, 0.15) is 0 Å². The van der Waals surface area contributed by atoms with E-state index in [1.807, 2.05) is 0 Å². The van der Waals surface area contributed by atoms with Gasteiger partial charge in [-0.1, -0.05) is 20.8 Å². The third kappa shape index (κ3) is 1.80. The summed E-state index contributed by atoms with van der Waals surface area (Å²) in [6.45, 7) is 4.70. The van der Waals surface area contributed by atoms with Crippen LogP contribution in [-0.2, 0) is 14.3 Å². The maximum Gasteiger partial charge on any atom is 0.338 e. The van der Waals surface area contributed by atoms with E-state index < -0.39 is 22.9 Å². The summed E-state index contributed by atoms with van der Waals surface area (Å²) in [6.07, 6.45) is 0. The van der Waals surface area contributed by atoms with E-state index in [-0.39, 0.29) is 0 Å². The fourth-order valence-electron chi connectivity index (χ4n) is 0.875. The van der Waals surface area contributed by atoms with Crippen molar-refractivity contribution in [2.24, 2.45) is 11.1 Å². The molecule has 0 fully saturated rings. The zero-order valence-corrected chi connectivity index (χ0v) is 8.25. The highest BCUT2D eigenvalue weighted by Gasteiger charge is 2.53. The number of hydrogen-bond acceptors (Lipinski definition) is 4. The van der Waals surface area contributed by atoms with Crippen LogP contribution < -0.4 is 5.73 Å². The summed E-state index contributed by atoms with van der Waals surface area (Å²) >= 11 is 0. The molecule has 0 saturated heterocycles. The third-order valence-corrected chi connectivity index (χ3v) is 2.03. The van der Waals surface area contributed by atoms with E-state index in [0.717, 1.165) is 7.11 Å². The molecule has 0 aliphatic heterocycles. The van der Waals surface area contributed by atoms with Crippen molar-refractivity contribution in [1.82, 2.24) is 0 Å². The molecule has 3 N–H and O–H groups in total. The highest BCUT2D eigenvalue weighted by atomic mass is 16.5. The highest BCUT2D eigenvalue weighted by Crippen LogP contribution is 2.29. The molecule has 0 aromatic rings. The number of carboxylic acids is 1. The van der Waals surface area contributed by atoms with Crippen LogP contribution in [0.2, 0.25) is 0 Å². The van der Waals surface area contributed by atoms with E-state index in [1.165, 1.54) is 0 Å². The number of hydrogen-bond donors (Lipinski definition) is 2. The van der Waals surface area contributed by atoms with E-state index in [2.05, 4.69) is 4.74 Å². The maximum atomic E-state index is 11.2. The molecule has 5 heteroatoms. The smallest absolute Gasteiger partial charge is 0.338 e. The second kappa shape index (κ2) is 3.33. The van der Waals surface area contributed by atoms with Crippen molar-refractivity contribution in [3.8, 4) is 0 Å². The van der Waals surface area contributed by atoms with Crippen LogP contribution in [0.25, 0.3) is 0 Å². The van der Waals surface area contributed by atoms with Crippen LogP contribution in [0.5, 0.6) is 0 Å². The number of aliphatic carboxylic acids is 1. The first-order valence-corrected chi connectivity index (χ1v) is 3.78. The molecule has 0 radical (unpaired) electrons. The number of carbonyl (C=O) groups is 2. The highest BCUT2D eigenvalue weighted by molar-refractivity contribution is 6.04. The molecule has 1 atom stereocenters. The SMILES string of the molecule is COC(=O)C(N)(C(=O)O)C(C)(C)C. The minimum atomic E-state index is -2.00. The first-order valence-electron chi connectivity index (χ1n) is 3.78. The van der Waals surface area contributed by atoms with Crippen LogP contribution in [0.1, 0.15) is 20.8 Å². The number of esters is 1. The quantitative estimate of drug-likeness (QED) is 0.471. The normalized spacial score (nSPS) is 16.1. The topological polar surface area (TPSA) is 89.6 Å². The lowest BCUT2D eigenvalue weighted by molar-refractivity contribution is -0.165. The lowest BCUT2D eigenvalue weighted by atomic mass is 9.74. The largest absolute Gasteiger partial charge is 0.479 e. The van der Waals surface area contributed by atoms with Crippen LogP contribution in [0.3, 0.4) is 0 Å². The number of carboxylic acid groups (broad SMARTS) is 1. The van der Waals surface area contributed by atoms with Crippen LogP contribution >= 0.6 is 0 Å². The number of carbonyl (C=O) groups excluding carboxylic acids is 1. The van der Waals surface area contributed by atoms with Crippen LogP contribution in [0.4, 0.5) is 0 Å². The Hall–Kier alpha value is -1.10. The van der Waals surface area contributed by atoms with Gasteiger partial charge in [0.15, 0.2) is 0 Å². The molecular weight excluding hydrogens is 174 g/mol. The number of methoxy groups -OCH3 is 1.